The zero-order chi connectivity index (χ0) is 32.6. The lowest BCUT2D eigenvalue weighted by Crippen LogP contribution is -2.53. The Morgan fingerprint density at radius 1 is 1.07 bits per heavy atom. The fourth-order valence-electron chi connectivity index (χ4n) is 5.84. The van der Waals surface area contributed by atoms with E-state index in [2.05, 4.69) is 16.7 Å². The maximum Gasteiger partial charge on any atom is 0.234 e. The molecule has 1 aromatic carbocycles. The van der Waals surface area contributed by atoms with Gasteiger partial charge in [-0.25, -0.2) is 0 Å². The minimum atomic E-state index is -1.43. The van der Waals surface area contributed by atoms with Crippen LogP contribution in [0.15, 0.2) is 35.9 Å². The number of carbonyl (C=O) groups excluding carboxylic acids is 4. The average molecular weight is 630 g/mol. The molecule has 0 radical (unpaired) electrons. The molecular formula is C33H47N3O9. The first-order valence-electron chi connectivity index (χ1n) is 15.8. The Balaban J connectivity index is 1.54. The molecule has 6 atom stereocenters. The van der Waals surface area contributed by atoms with Crippen molar-refractivity contribution in [2.75, 3.05) is 46.6 Å². The molecule has 1 aromatic rings. The first-order valence-corrected chi connectivity index (χ1v) is 15.8. The molecule has 45 heavy (non-hydrogen) atoms. The Hall–Kier alpha value is -3.16. The summed E-state index contributed by atoms with van der Waals surface area (Å²) in [7, 11) is 1.51. The lowest BCUT2D eigenvalue weighted by Gasteiger charge is -2.29. The molecular weight excluding hydrogens is 582 g/mol. The molecule has 2 fully saturated rings. The molecule has 2 aliphatic heterocycles. The predicted octanol–water partition coefficient (Wildman–Crippen LogP) is 1.24. The van der Waals surface area contributed by atoms with Crippen LogP contribution in [0.25, 0.3) is 0 Å². The molecule has 0 aromatic heterocycles. The van der Waals surface area contributed by atoms with Gasteiger partial charge in [-0.15, -0.1) is 0 Å². The highest BCUT2D eigenvalue weighted by Crippen LogP contribution is 2.32. The van der Waals surface area contributed by atoms with Crippen molar-refractivity contribution in [2.24, 2.45) is 5.92 Å². The van der Waals surface area contributed by atoms with E-state index in [4.69, 9.17) is 14.2 Å². The first-order chi connectivity index (χ1) is 21.5. The molecule has 2 heterocycles. The molecule has 12 nitrogen and oxygen atoms in total. The molecule has 0 saturated carbocycles. The summed E-state index contributed by atoms with van der Waals surface area (Å²) in [5, 5.41) is 27.4. The Morgan fingerprint density at radius 2 is 1.76 bits per heavy atom. The van der Waals surface area contributed by atoms with Gasteiger partial charge in [-0.3, -0.25) is 24.1 Å². The summed E-state index contributed by atoms with van der Waals surface area (Å²) in [6.45, 7) is 5.48. The van der Waals surface area contributed by atoms with Gasteiger partial charge in [-0.1, -0.05) is 23.8 Å². The van der Waals surface area contributed by atoms with Crippen LogP contribution in [0.4, 0.5) is 0 Å². The number of methoxy groups -OCH3 is 1. The molecule has 1 aliphatic carbocycles. The minimum Gasteiger partial charge on any atom is -0.497 e. The van der Waals surface area contributed by atoms with Crippen molar-refractivity contribution < 1.29 is 43.6 Å². The highest BCUT2D eigenvalue weighted by molar-refractivity contribution is 5.98. The van der Waals surface area contributed by atoms with Crippen LogP contribution >= 0.6 is 0 Å². The van der Waals surface area contributed by atoms with E-state index < -0.39 is 59.8 Å². The van der Waals surface area contributed by atoms with E-state index in [0.29, 0.717) is 44.0 Å². The monoisotopic (exact) mass is 629 g/mol. The van der Waals surface area contributed by atoms with Crippen molar-refractivity contribution in [3.05, 3.63) is 41.5 Å². The molecule has 4 rings (SSSR count). The quantitative estimate of drug-likeness (QED) is 0.154. The van der Waals surface area contributed by atoms with Gasteiger partial charge in [0.05, 0.1) is 57.6 Å². The number of allylic oxidation sites excluding steroid dienone is 1. The van der Waals surface area contributed by atoms with E-state index in [9.17, 15) is 29.4 Å². The van der Waals surface area contributed by atoms with Gasteiger partial charge in [0.2, 0.25) is 11.8 Å². The summed E-state index contributed by atoms with van der Waals surface area (Å²) < 4.78 is 15.9. The lowest BCUT2D eigenvalue weighted by molar-refractivity contribution is -0.138. The molecule has 0 bridgehead atoms. The maximum atomic E-state index is 14.0. The number of nitrogens with zero attached hydrogens (tertiary/aromatic N) is 1. The second-order valence-corrected chi connectivity index (χ2v) is 12.4. The van der Waals surface area contributed by atoms with Gasteiger partial charge in [0.25, 0.3) is 0 Å². The van der Waals surface area contributed by atoms with Crippen LogP contribution in [0.2, 0.25) is 0 Å². The van der Waals surface area contributed by atoms with E-state index in [-0.39, 0.29) is 18.9 Å². The van der Waals surface area contributed by atoms with Gasteiger partial charge >= 0.3 is 0 Å². The third-order valence-electron chi connectivity index (χ3n) is 8.80. The largest absolute Gasteiger partial charge is 0.497 e. The number of carbonyl (C=O) groups is 4. The Labute approximate surface area is 264 Å². The standard InChI is InChI=1S/C33H47N3O9/c1-21(37)29(35-28(39)19-36-13-15-44-16-14-36)27(38)18-25(30(40)23-9-11-24(43-3)12-10-23)32(42)34-26(31(41)33(2)20-45-33)17-22-7-5-4-6-8-22/h7,9-12,21,25-26,29-30,37,40H,4-6,8,13-20H2,1-3H3,(H,34,42)(H,35,39)/t21-,25?,26+,29+,30-,33-/m1/s1. The number of morpholine rings is 1. The summed E-state index contributed by atoms with van der Waals surface area (Å²) in [6.07, 6.45) is 3.04. The van der Waals surface area contributed by atoms with Crippen molar-refractivity contribution in [1.82, 2.24) is 15.5 Å². The Kier molecular flexibility index (Phi) is 12.3. The summed E-state index contributed by atoms with van der Waals surface area (Å²) >= 11 is 0. The Morgan fingerprint density at radius 3 is 2.33 bits per heavy atom. The number of nitrogens with one attached hydrogen (secondary N) is 2. The highest BCUT2D eigenvalue weighted by Gasteiger charge is 2.50. The second-order valence-electron chi connectivity index (χ2n) is 12.4. The number of hydrogen-bond acceptors (Lipinski definition) is 10. The number of amides is 2. The number of Topliss-reactive ketones (excluding diaryl/α,β-unsaturated/α-hetero) is 2. The van der Waals surface area contributed by atoms with Gasteiger partial charge in [-0.2, -0.15) is 0 Å². The maximum absolute atomic E-state index is 14.0. The Bertz CT molecular complexity index is 1220. The van der Waals surface area contributed by atoms with Crippen molar-refractivity contribution in [3.8, 4) is 5.75 Å². The topological polar surface area (TPSA) is 167 Å². The zero-order valence-electron chi connectivity index (χ0n) is 26.5. The van der Waals surface area contributed by atoms with Crippen LogP contribution in [0.3, 0.4) is 0 Å². The minimum absolute atomic E-state index is 0.0265. The number of benzene rings is 1. The van der Waals surface area contributed by atoms with Gasteiger partial charge in [0, 0.05) is 19.5 Å². The molecule has 3 aliphatic rings. The number of ketones is 2. The van der Waals surface area contributed by atoms with E-state index in [1.54, 1.807) is 31.2 Å². The van der Waals surface area contributed by atoms with Gasteiger partial charge in [0.1, 0.15) is 17.4 Å². The van der Waals surface area contributed by atoms with E-state index in [0.717, 1.165) is 31.3 Å². The number of aliphatic hydroxyl groups is 2. The second kappa shape index (κ2) is 15.9. The fraction of sp³-hybridized carbons (Fsp3) is 0.636. The summed E-state index contributed by atoms with van der Waals surface area (Å²) in [5.74, 6) is -2.80. The van der Waals surface area contributed by atoms with Crippen molar-refractivity contribution in [2.45, 2.75) is 82.3 Å². The van der Waals surface area contributed by atoms with Crippen LogP contribution in [0.1, 0.15) is 64.0 Å². The lowest BCUT2D eigenvalue weighted by atomic mass is 9.86. The summed E-state index contributed by atoms with van der Waals surface area (Å²) in [4.78, 5) is 55.8. The van der Waals surface area contributed by atoms with Crippen LogP contribution in [0, 0.1) is 5.92 Å². The normalized spacial score (nSPS) is 23.4. The van der Waals surface area contributed by atoms with Gasteiger partial charge < -0.3 is 35.1 Å². The predicted molar refractivity (Wildman–Crippen MR) is 164 cm³/mol. The number of epoxide rings is 1. The third-order valence-corrected chi connectivity index (χ3v) is 8.80. The molecule has 1 unspecified atom stereocenters. The third kappa shape index (κ3) is 9.67. The van der Waals surface area contributed by atoms with E-state index >= 15 is 0 Å². The summed E-state index contributed by atoms with van der Waals surface area (Å²) in [5.41, 5.74) is 0.448. The highest BCUT2D eigenvalue weighted by atomic mass is 16.6. The van der Waals surface area contributed by atoms with Crippen molar-refractivity contribution in [3.63, 3.8) is 0 Å². The fourth-order valence-corrected chi connectivity index (χ4v) is 5.84. The number of aliphatic hydroxyl groups excluding tert-OH is 2. The number of ether oxygens (including phenoxy) is 3. The SMILES string of the molecule is COc1ccc([C@@H](O)C(CC(=O)[C@@H](NC(=O)CN2CCOCC2)[C@@H](C)O)C(=O)N[C@@H](CC2=CCCCC2)C(=O)[C@@]2(C)CO2)cc1. The molecule has 2 saturated heterocycles. The first kappa shape index (κ1) is 34.7. The molecule has 0 spiro atoms. The molecule has 4 N–H and O–H groups in total. The van der Waals surface area contributed by atoms with Crippen LogP contribution < -0.4 is 15.4 Å². The summed E-state index contributed by atoms with van der Waals surface area (Å²) in [6, 6.07) is 4.24. The van der Waals surface area contributed by atoms with Gasteiger partial charge in [-0.05, 0) is 63.6 Å². The van der Waals surface area contributed by atoms with Crippen LogP contribution in [-0.4, -0.2) is 109 Å². The van der Waals surface area contributed by atoms with Gasteiger partial charge in [0.15, 0.2) is 11.6 Å². The van der Waals surface area contributed by atoms with Crippen molar-refractivity contribution in [1.29, 1.82) is 0 Å². The van der Waals surface area contributed by atoms with E-state index in [1.807, 2.05) is 4.90 Å². The number of hydrogen-bond donors (Lipinski definition) is 4. The number of rotatable bonds is 16. The van der Waals surface area contributed by atoms with Crippen molar-refractivity contribution >= 4 is 23.4 Å². The molecule has 248 valence electrons. The molecule has 2 amide bonds. The average Bonchev–Trinajstić information content (AvgIpc) is 3.80. The zero-order valence-corrected chi connectivity index (χ0v) is 26.5. The molecule has 12 heteroatoms. The van der Waals surface area contributed by atoms with Crippen LogP contribution in [-0.2, 0) is 28.7 Å². The smallest absolute Gasteiger partial charge is 0.234 e. The van der Waals surface area contributed by atoms with E-state index in [1.165, 1.54) is 14.0 Å². The van der Waals surface area contributed by atoms with Crippen LogP contribution in [0.5, 0.6) is 5.75 Å².